The molecule has 0 saturated carbocycles. The van der Waals surface area contributed by atoms with Crippen LogP contribution < -0.4 is 9.64 Å². The van der Waals surface area contributed by atoms with Crippen molar-refractivity contribution in [3.63, 3.8) is 0 Å². The van der Waals surface area contributed by atoms with Crippen LogP contribution in [0.5, 0.6) is 5.75 Å². The number of nitrogens with zero attached hydrogens (tertiary/aromatic N) is 1. The number of carbonyl (C=O) groups excluding carboxylic acids is 4. The molecule has 41 heavy (non-hydrogen) atoms. The van der Waals surface area contributed by atoms with Gasteiger partial charge in [0, 0.05) is 35.1 Å². The standard InChI is InChI=1S/C35H25NO5/c1-21(37)41-27-18-10-15-23-19-20-28-35(33(39)25-16-8-9-17-26(25)34(35)40)29(22-11-4-2-5-12-22)31(36(28)30(23)27)32(38)24-13-6-3-7-14-24/h2-20,28-29,31H,1H3. The van der Waals surface area contributed by atoms with Gasteiger partial charge in [-0.2, -0.15) is 0 Å². The molecule has 3 atom stereocenters. The highest BCUT2D eigenvalue weighted by Gasteiger charge is 2.71. The molecule has 200 valence electrons. The van der Waals surface area contributed by atoms with Crippen molar-refractivity contribution in [3.8, 4) is 5.75 Å². The van der Waals surface area contributed by atoms with E-state index in [0.29, 0.717) is 27.9 Å². The average molecular weight is 540 g/mol. The van der Waals surface area contributed by atoms with Crippen LogP contribution in [-0.2, 0) is 4.79 Å². The van der Waals surface area contributed by atoms with Crippen LogP contribution in [0, 0.1) is 5.41 Å². The van der Waals surface area contributed by atoms with Gasteiger partial charge in [-0.15, -0.1) is 0 Å². The maximum atomic E-state index is 14.7. The van der Waals surface area contributed by atoms with E-state index in [9.17, 15) is 19.2 Å². The van der Waals surface area contributed by atoms with E-state index in [1.54, 1.807) is 60.7 Å². The number of ketones is 3. The number of Topliss-reactive ketones (excluding diaryl/α,β-unsaturated/α-hetero) is 3. The number of fused-ring (bicyclic) bond motifs is 5. The van der Waals surface area contributed by atoms with Crippen LogP contribution in [-0.4, -0.2) is 35.4 Å². The van der Waals surface area contributed by atoms with Gasteiger partial charge in [0.05, 0.1) is 11.7 Å². The van der Waals surface area contributed by atoms with Gasteiger partial charge in [-0.25, -0.2) is 0 Å². The van der Waals surface area contributed by atoms with E-state index < -0.39 is 29.4 Å². The molecule has 2 aliphatic heterocycles. The second-order valence-corrected chi connectivity index (χ2v) is 10.6. The van der Waals surface area contributed by atoms with E-state index in [0.717, 1.165) is 5.56 Å². The summed E-state index contributed by atoms with van der Waals surface area (Å²) in [6, 6.07) is 28.7. The summed E-state index contributed by atoms with van der Waals surface area (Å²) in [5, 5.41) is 0. The lowest BCUT2D eigenvalue weighted by molar-refractivity contribution is -0.131. The van der Waals surface area contributed by atoms with Crippen molar-refractivity contribution in [1.29, 1.82) is 0 Å². The topological polar surface area (TPSA) is 80.8 Å². The average Bonchev–Trinajstić information content (AvgIpc) is 3.43. The van der Waals surface area contributed by atoms with Crippen LogP contribution in [0.3, 0.4) is 0 Å². The van der Waals surface area contributed by atoms with Crippen LogP contribution in [0.1, 0.15) is 55.0 Å². The molecule has 1 spiro atoms. The zero-order chi connectivity index (χ0) is 28.3. The number of hydrogen-bond donors (Lipinski definition) is 0. The summed E-state index contributed by atoms with van der Waals surface area (Å²) in [6.45, 7) is 1.32. The molecule has 3 aliphatic rings. The Morgan fingerprint density at radius 2 is 1.37 bits per heavy atom. The van der Waals surface area contributed by atoms with Gasteiger partial charge in [-0.3, -0.25) is 19.2 Å². The third kappa shape index (κ3) is 3.43. The predicted octanol–water partition coefficient (Wildman–Crippen LogP) is 5.93. The maximum absolute atomic E-state index is 14.7. The summed E-state index contributed by atoms with van der Waals surface area (Å²) in [7, 11) is 0. The molecular weight excluding hydrogens is 514 g/mol. The minimum absolute atomic E-state index is 0.225. The van der Waals surface area contributed by atoms with E-state index in [-0.39, 0.29) is 23.1 Å². The van der Waals surface area contributed by atoms with Gasteiger partial charge in [-0.1, -0.05) is 109 Å². The number of ether oxygens (including phenoxy) is 1. The quantitative estimate of drug-likeness (QED) is 0.138. The lowest BCUT2D eigenvalue weighted by atomic mass is 9.64. The normalized spacial score (nSPS) is 21.4. The molecular formula is C35H25NO5. The number of carbonyl (C=O) groups is 4. The van der Waals surface area contributed by atoms with Gasteiger partial charge in [-0.05, 0) is 11.6 Å². The molecule has 1 saturated heterocycles. The highest BCUT2D eigenvalue weighted by Crippen LogP contribution is 2.62. The Morgan fingerprint density at radius 3 is 2.00 bits per heavy atom. The molecule has 0 aromatic heterocycles. The first kappa shape index (κ1) is 24.9. The summed E-state index contributed by atoms with van der Waals surface area (Å²) < 4.78 is 5.67. The second kappa shape index (κ2) is 9.24. The summed E-state index contributed by atoms with van der Waals surface area (Å²) in [6.07, 6.45) is 3.71. The summed E-state index contributed by atoms with van der Waals surface area (Å²) in [5.74, 6) is -1.89. The van der Waals surface area contributed by atoms with Crippen molar-refractivity contribution in [2.45, 2.75) is 24.9 Å². The summed E-state index contributed by atoms with van der Waals surface area (Å²) >= 11 is 0. The molecule has 7 rings (SSSR count). The molecule has 1 fully saturated rings. The van der Waals surface area contributed by atoms with Gasteiger partial charge in [0.1, 0.15) is 11.5 Å². The molecule has 6 heteroatoms. The lowest BCUT2D eigenvalue weighted by Crippen LogP contribution is -2.48. The fourth-order valence-electron chi connectivity index (χ4n) is 7.03. The first-order valence-corrected chi connectivity index (χ1v) is 13.6. The van der Waals surface area contributed by atoms with E-state index in [2.05, 4.69) is 0 Å². The van der Waals surface area contributed by atoms with Crippen molar-refractivity contribution < 1.29 is 23.9 Å². The van der Waals surface area contributed by atoms with Gasteiger partial charge in [0.2, 0.25) is 0 Å². The zero-order valence-electron chi connectivity index (χ0n) is 22.2. The molecule has 4 aromatic rings. The Bertz CT molecular complexity index is 1740. The third-order valence-corrected chi connectivity index (χ3v) is 8.53. The van der Waals surface area contributed by atoms with E-state index >= 15 is 0 Å². The Balaban J connectivity index is 1.57. The summed E-state index contributed by atoms with van der Waals surface area (Å²) in [4.78, 5) is 58.0. The van der Waals surface area contributed by atoms with Gasteiger partial charge in [0.15, 0.2) is 23.1 Å². The van der Waals surface area contributed by atoms with Crippen LogP contribution >= 0.6 is 0 Å². The monoisotopic (exact) mass is 539 g/mol. The number of benzene rings is 4. The number of esters is 1. The van der Waals surface area contributed by atoms with Crippen molar-refractivity contribution in [1.82, 2.24) is 0 Å². The lowest BCUT2D eigenvalue weighted by Gasteiger charge is -2.37. The first-order valence-electron chi connectivity index (χ1n) is 13.6. The SMILES string of the molecule is CC(=O)Oc1cccc2c1N1C(C(=O)c3ccccc3)C(c3ccccc3)C3(C(=O)c4ccccc4C3=O)C1C=C2. The van der Waals surface area contributed by atoms with Crippen molar-refractivity contribution in [3.05, 3.63) is 137 Å². The second-order valence-electron chi connectivity index (χ2n) is 10.6. The fourth-order valence-corrected chi connectivity index (χ4v) is 7.03. The van der Waals surface area contributed by atoms with Crippen LogP contribution in [0.4, 0.5) is 5.69 Å². The predicted molar refractivity (Wildman–Crippen MR) is 154 cm³/mol. The first-order chi connectivity index (χ1) is 19.9. The van der Waals surface area contributed by atoms with Crippen molar-refractivity contribution in [2.24, 2.45) is 5.41 Å². The van der Waals surface area contributed by atoms with Gasteiger partial charge < -0.3 is 9.64 Å². The van der Waals surface area contributed by atoms with Crippen molar-refractivity contribution in [2.75, 3.05) is 4.90 Å². The highest BCUT2D eigenvalue weighted by atomic mass is 16.5. The molecule has 0 N–H and O–H groups in total. The molecule has 6 nitrogen and oxygen atoms in total. The number of rotatable bonds is 4. The Labute approximate surface area is 236 Å². The molecule has 4 aromatic carbocycles. The molecule has 2 heterocycles. The molecule has 0 amide bonds. The highest BCUT2D eigenvalue weighted by molar-refractivity contribution is 6.32. The van der Waals surface area contributed by atoms with Crippen molar-refractivity contribution >= 4 is 35.1 Å². The number of anilines is 1. The molecule has 0 radical (unpaired) electrons. The van der Waals surface area contributed by atoms with Gasteiger partial charge >= 0.3 is 5.97 Å². The van der Waals surface area contributed by atoms with Gasteiger partial charge in [0.25, 0.3) is 0 Å². The summed E-state index contributed by atoms with van der Waals surface area (Å²) in [5.41, 5.74) is 1.52. The van der Waals surface area contributed by atoms with E-state index in [1.165, 1.54) is 6.92 Å². The number of para-hydroxylation sites is 1. The minimum atomic E-state index is -1.61. The van der Waals surface area contributed by atoms with Crippen LogP contribution in [0.25, 0.3) is 6.08 Å². The zero-order valence-corrected chi connectivity index (χ0v) is 22.2. The van der Waals surface area contributed by atoms with Crippen LogP contribution in [0.2, 0.25) is 0 Å². The van der Waals surface area contributed by atoms with E-state index in [4.69, 9.17) is 4.74 Å². The fraction of sp³-hybridized carbons (Fsp3) is 0.143. The number of hydrogen-bond acceptors (Lipinski definition) is 6. The minimum Gasteiger partial charge on any atom is -0.424 e. The Hall–Kier alpha value is -5.10. The smallest absolute Gasteiger partial charge is 0.308 e. The molecule has 1 aliphatic carbocycles. The molecule has 0 bridgehead atoms. The largest absolute Gasteiger partial charge is 0.424 e. The Kier molecular flexibility index (Phi) is 5.61. The van der Waals surface area contributed by atoms with E-state index in [1.807, 2.05) is 59.5 Å². The third-order valence-electron chi connectivity index (χ3n) is 8.53. The molecule has 3 unspecified atom stereocenters. The Morgan fingerprint density at radius 1 is 0.756 bits per heavy atom. The maximum Gasteiger partial charge on any atom is 0.308 e. The van der Waals surface area contributed by atoms with Crippen LogP contribution in [0.15, 0.2) is 109 Å².